The third-order valence-corrected chi connectivity index (χ3v) is 1.56. The van der Waals surface area contributed by atoms with Crippen LogP contribution in [-0.2, 0) is 0 Å². The second-order valence-corrected chi connectivity index (χ2v) is 2.45. The standard InChI is InChI=1S/C9H11/c1-7-4-5-8(2)9(3)6-7/h4-5H,1-3H3. The van der Waals surface area contributed by atoms with Gasteiger partial charge in [-0.2, -0.15) is 0 Å². The maximum absolute atomic E-state index is 3.24. The minimum atomic E-state index is 1.22. The first-order valence-corrected chi connectivity index (χ1v) is 3.16. The van der Waals surface area contributed by atoms with Crippen LogP contribution >= 0.6 is 0 Å². The largest absolute Gasteiger partial charge is 0.0588 e. The van der Waals surface area contributed by atoms with Crippen LogP contribution in [0.4, 0.5) is 0 Å². The molecule has 0 aliphatic heterocycles. The quantitative estimate of drug-likeness (QED) is 0.492. The molecule has 0 saturated carbocycles. The summed E-state index contributed by atoms with van der Waals surface area (Å²) in [6.45, 7) is 6.25. The van der Waals surface area contributed by atoms with Crippen LogP contribution in [0.2, 0.25) is 0 Å². The smallest absolute Gasteiger partial charge is 0.0117 e. The predicted molar refractivity (Wildman–Crippen MR) is 39.5 cm³/mol. The van der Waals surface area contributed by atoms with Gasteiger partial charge in [-0.3, -0.25) is 0 Å². The van der Waals surface area contributed by atoms with Crippen LogP contribution in [0.15, 0.2) is 12.1 Å². The lowest BCUT2D eigenvalue weighted by Gasteiger charge is -1.97. The van der Waals surface area contributed by atoms with Gasteiger partial charge in [0.05, 0.1) is 0 Å². The SMILES string of the molecule is Cc1[c]c(C)c(C)cc1. The molecular formula is C9H11. The number of hydrogen-bond acceptors (Lipinski definition) is 0. The summed E-state index contributed by atoms with van der Waals surface area (Å²) in [7, 11) is 0. The van der Waals surface area contributed by atoms with Crippen molar-refractivity contribution < 1.29 is 0 Å². The molecule has 0 spiro atoms. The van der Waals surface area contributed by atoms with Crippen molar-refractivity contribution in [2.24, 2.45) is 0 Å². The summed E-state index contributed by atoms with van der Waals surface area (Å²) in [6.07, 6.45) is 0. The number of rotatable bonds is 0. The van der Waals surface area contributed by atoms with Crippen LogP contribution in [0.1, 0.15) is 16.7 Å². The molecule has 0 heterocycles. The van der Waals surface area contributed by atoms with Gasteiger partial charge in [0, 0.05) is 0 Å². The molecule has 0 heteroatoms. The molecule has 47 valence electrons. The molecule has 1 radical (unpaired) electrons. The zero-order chi connectivity index (χ0) is 6.85. The fourth-order valence-electron chi connectivity index (χ4n) is 0.811. The van der Waals surface area contributed by atoms with E-state index in [1.54, 1.807) is 0 Å². The third kappa shape index (κ3) is 1.32. The molecule has 1 aromatic rings. The van der Waals surface area contributed by atoms with Gasteiger partial charge in [0.25, 0.3) is 0 Å². The Balaban J connectivity index is 3.17. The number of aryl methyl sites for hydroxylation is 3. The van der Waals surface area contributed by atoms with E-state index in [2.05, 4.69) is 39.0 Å². The molecule has 1 aromatic carbocycles. The van der Waals surface area contributed by atoms with E-state index < -0.39 is 0 Å². The van der Waals surface area contributed by atoms with Crippen molar-refractivity contribution in [1.29, 1.82) is 0 Å². The van der Waals surface area contributed by atoms with Gasteiger partial charge in [0.2, 0.25) is 0 Å². The van der Waals surface area contributed by atoms with Gasteiger partial charge in [0.15, 0.2) is 0 Å². The Bertz CT molecular complexity index is 211. The Hall–Kier alpha value is -0.780. The van der Waals surface area contributed by atoms with Crippen molar-refractivity contribution in [3.63, 3.8) is 0 Å². The van der Waals surface area contributed by atoms with Crippen LogP contribution in [0.25, 0.3) is 0 Å². The fourth-order valence-corrected chi connectivity index (χ4v) is 0.811. The lowest BCUT2D eigenvalue weighted by molar-refractivity contribution is 1.29. The maximum atomic E-state index is 3.24. The number of benzene rings is 1. The van der Waals surface area contributed by atoms with Gasteiger partial charge in [0.1, 0.15) is 0 Å². The van der Waals surface area contributed by atoms with Crippen LogP contribution < -0.4 is 0 Å². The van der Waals surface area contributed by atoms with Gasteiger partial charge in [-0.05, 0) is 43.5 Å². The average Bonchev–Trinajstić information content (AvgIpc) is 1.80. The van der Waals surface area contributed by atoms with Crippen molar-refractivity contribution in [3.8, 4) is 0 Å². The molecule has 0 atom stereocenters. The van der Waals surface area contributed by atoms with Crippen molar-refractivity contribution >= 4 is 0 Å². The first-order chi connectivity index (χ1) is 4.20. The molecular weight excluding hydrogens is 108 g/mol. The van der Waals surface area contributed by atoms with Crippen LogP contribution in [0.5, 0.6) is 0 Å². The summed E-state index contributed by atoms with van der Waals surface area (Å²) in [5.74, 6) is 0. The minimum absolute atomic E-state index is 1.22. The molecule has 0 bridgehead atoms. The highest BCUT2D eigenvalue weighted by Crippen LogP contribution is 2.06. The summed E-state index contributed by atoms with van der Waals surface area (Å²) in [4.78, 5) is 0. The monoisotopic (exact) mass is 119 g/mol. The highest BCUT2D eigenvalue weighted by molar-refractivity contribution is 5.27. The second kappa shape index (κ2) is 2.22. The molecule has 0 aliphatic rings. The minimum Gasteiger partial charge on any atom is -0.0588 e. The van der Waals surface area contributed by atoms with Gasteiger partial charge < -0.3 is 0 Å². The Morgan fingerprint density at radius 3 is 2.22 bits per heavy atom. The topological polar surface area (TPSA) is 0 Å². The molecule has 0 aromatic heterocycles. The first kappa shape index (κ1) is 6.34. The molecule has 0 amide bonds. The Labute approximate surface area is 56.5 Å². The van der Waals surface area contributed by atoms with Crippen molar-refractivity contribution in [2.75, 3.05) is 0 Å². The van der Waals surface area contributed by atoms with E-state index in [-0.39, 0.29) is 0 Å². The first-order valence-electron chi connectivity index (χ1n) is 3.16. The summed E-state index contributed by atoms with van der Waals surface area (Å²) < 4.78 is 0. The Morgan fingerprint density at radius 1 is 1.11 bits per heavy atom. The van der Waals surface area contributed by atoms with Crippen LogP contribution in [0, 0.1) is 26.8 Å². The van der Waals surface area contributed by atoms with E-state index in [1.165, 1.54) is 16.7 Å². The summed E-state index contributed by atoms with van der Waals surface area (Å²) in [5, 5.41) is 0. The average molecular weight is 119 g/mol. The Morgan fingerprint density at radius 2 is 1.78 bits per heavy atom. The molecule has 0 N–H and O–H groups in total. The highest BCUT2D eigenvalue weighted by Gasteiger charge is 1.89. The molecule has 1 rings (SSSR count). The zero-order valence-electron chi connectivity index (χ0n) is 6.15. The van der Waals surface area contributed by atoms with E-state index in [0.29, 0.717) is 0 Å². The molecule has 0 unspecified atom stereocenters. The highest BCUT2D eigenvalue weighted by atomic mass is 13.9. The summed E-state index contributed by atoms with van der Waals surface area (Å²) in [5.41, 5.74) is 3.80. The molecule has 0 nitrogen and oxygen atoms in total. The van der Waals surface area contributed by atoms with Crippen molar-refractivity contribution in [2.45, 2.75) is 20.8 Å². The lowest BCUT2D eigenvalue weighted by Crippen LogP contribution is -1.80. The van der Waals surface area contributed by atoms with Crippen LogP contribution in [-0.4, -0.2) is 0 Å². The second-order valence-electron chi connectivity index (χ2n) is 2.45. The summed E-state index contributed by atoms with van der Waals surface area (Å²) in [6, 6.07) is 7.45. The molecule has 0 aliphatic carbocycles. The summed E-state index contributed by atoms with van der Waals surface area (Å²) >= 11 is 0. The van der Waals surface area contributed by atoms with Crippen molar-refractivity contribution in [1.82, 2.24) is 0 Å². The molecule has 0 saturated heterocycles. The maximum Gasteiger partial charge on any atom is -0.0117 e. The fraction of sp³-hybridized carbons (Fsp3) is 0.333. The van der Waals surface area contributed by atoms with E-state index >= 15 is 0 Å². The van der Waals surface area contributed by atoms with Gasteiger partial charge in [-0.25, -0.2) is 0 Å². The van der Waals surface area contributed by atoms with Crippen molar-refractivity contribution in [3.05, 3.63) is 34.9 Å². The molecule has 9 heavy (non-hydrogen) atoms. The van der Waals surface area contributed by atoms with Gasteiger partial charge in [-0.15, -0.1) is 0 Å². The predicted octanol–water partition coefficient (Wildman–Crippen LogP) is 2.41. The van der Waals surface area contributed by atoms with Gasteiger partial charge in [-0.1, -0.05) is 12.1 Å². The third-order valence-electron chi connectivity index (χ3n) is 1.56. The zero-order valence-corrected chi connectivity index (χ0v) is 6.15. The normalized spacial score (nSPS) is 9.67. The molecule has 0 fully saturated rings. The van der Waals surface area contributed by atoms with E-state index in [4.69, 9.17) is 0 Å². The lowest BCUT2D eigenvalue weighted by atomic mass is 10.1. The number of hydrogen-bond donors (Lipinski definition) is 0. The van der Waals surface area contributed by atoms with Gasteiger partial charge >= 0.3 is 0 Å². The Kier molecular flexibility index (Phi) is 1.56. The van der Waals surface area contributed by atoms with E-state index in [0.717, 1.165) is 0 Å². The van der Waals surface area contributed by atoms with Crippen LogP contribution in [0.3, 0.4) is 0 Å². The van der Waals surface area contributed by atoms with E-state index in [1.807, 2.05) is 0 Å². The van der Waals surface area contributed by atoms with E-state index in [9.17, 15) is 0 Å².